The van der Waals surface area contributed by atoms with E-state index in [4.69, 9.17) is 18.5 Å². The molecule has 0 unspecified atom stereocenters. The van der Waals surface area contributed by atoms with Crippen LogP contribution in [0.5, 0.6) is 0 Å². The normalized spacial score (nSPS) is 13.5. The van der Waals surface area contributed by atoms with Crippen LogP contribution in [0.3, 0.4) is 0 Å². The summed E-state index contributed by atoms with van der Waals surface area (Å²) in [5.74, 6) is -1.17. The van der Waals surface area contributed by atoms with Gasteiger partial charge in [-0.2, -0.15) is 0 Å². The fourth-order valence-electron chi connectivity index (χ4n) is 1.87. The average molecular weight is 352 g/mol. The first-order valence-electron chi connectivity index (χ1n) is 7.86. The second-order valence-electron chi connectivity index (χ2n) is 5.77. The lowest BCUT2D eigenvalue weighted by molar-refractivity contribution is -0.155. The molecule has 0 aromatic rings. The van der Waals surface area contributed by atoms with Crippen LogP contribution in [0.1, 0.15) is 54.4 Å². The SMILES string of the molecule is CCOC(=O)[C@H](CCC(=O)OC(C)(C)C)P(=O)(OCC)OCC. The second-order valence-corrected chi connectivity index (χ2v) is 7.99. The Labute approximate surface area is 138 Å². The van der Waals surface area contributed by atoms with Crippen molar-refractivity contribution >= 4 is 19.5 Å². The highest BCUT2D eigenvalue weighted by Gasteiger charge is 2.42. The molecular weight excluding hydrogens is 323 g/mol. The van der Waals surface area contributed by atoms with Crippen molar-refractivity contribution < 1.29 is 32.7 Å². The number of rotatable bonds is 10. The van der Waals surface area contributed by atoms with Gasteiger partial charge in [0.15, 0.2) is 5.66 Å². The van der Waals surface area contributed by atoms with Crippen LogP contribution < -0.4 is 0 Å². The highest BCUT2D eigenvalue weighted by molar-refractivity contribution is 7.55. The van der Waals surface area contributed by atoms with Gasteiger partial charge in [-0.1, -0.05) is 0 Å². The Balaban J connectivity index is 5.11. The number of hydrogen-bond acceptors (Lipinski definition) is 7. The van der Waals surface area contributed by atoms with Gasteiger partial charge in [-0.15, -0.1) is 0 Å². The molecule has 136 valence electrons. The standard InChI is InChI=1S/C15H29O7P/c1-7-19-14(17)12(23(18,20-8-2)21-9-3)10-11-13(16)22-15(4,5)6/h12H,7-11H2,1-6H3/t12-/m0/s1. The van der Waals surface area contributed by atoms with Gasteiger partial charge in [0.25, 0.3) is 0 Å². The van der Waals surface area contributed by atoms with Crippen molar-refractivity contribution in [1.82, 2.24) is 0 Å². The van der Waals surface area contributed by atoms with Crippen molar-refractivity contribution in [3.05, 3.63) is 0 Å². The number of carbonyl (C=O) groups excluding carboxylic acids is 2. The molecule has 1 atom stereocenters. The van der Waals surface area contributed by atoms with E-state index < -0.39 is 30.8 Å². The van der Waals surface area contributed by atoms with Crippen LogP contribution in [-0.4, -0.2) is 43.0 Å². The lowest BCUT2D eigenvalue weighted by Crippen LogP contribution is -2.29. The average Bonchev–Trinajstić information content (AvgIpc) is 2.37. The highest BCUT2D eigenvalue weighted by atomic mass is 31.2. The molecule has 23 heavy (non-hydrogen) atoms. The van der Waals surface area contributed by atoms with Gasteiger partial charge >= 0.3 is 19.5 Å². The van der Waals surface area contributed by atoms with E-state index >= 15 is 0 Å². The maximum atomic E-state index is 12.8. The molecule has 0 radical (unpaired) electrons. The van der Waals surface area contributed by atoms with E-state index in [1.54, 1.807) is 41.5 Å². The third-order valence-corrected chi connectivity index (χ3v) is 5.07. The van der Waals surface area contributed by atoms with Crippen LogP contribution >= 0.6 is 7.60 Å². The number of hydrogen-bond donors (Lipinski definition) is 0. The second kappa shape index (κ2) is 10.1. The summed E-state index contributed by atoms with van der Waals surface area (Å²) in [7, 11) is -3.71. The first-order valence-corrected chi connectivity index (χ1v) is 9.48. The molecule has 0 aliphatic rings. The summed E-state index contributed by atoms with van der Waals surface area (Å²) in [6.45, 7) is 10.6. The van der Waals surface area contributed by atoms with Gasteiger partial charge in [0.1, 0.15) is 5.60 Å². The molecule has 0 aliphatic heterocycles. The lowest BCUT2D eigenvalue weighted by atomic mass is 10.2. The van der Waals surface area contributed by atoms with Crippen molar-refractivity contribution in [2.45, 2.75) is 65.6 Å². The molecular formula is C15H29O7P. The lowest BCUT2D eigenvalue weighted by Gasteiger charge is -2.25. The molecule has 0 rings (SSSR count). The van der Waals surface area contributed by atoms with Crippen LogP contribution in [0, 0.1) is 0 Å². The Hall–Kier alpha value is -0.910. The van der Waals surface area contributed by atoms with Gasteiger partial charge < -0.3 is 18.5 Å². The zero-order valence-corrected chi connectivity index (χ0v) is 15.8. The molecule has 0 amide bonds. The van der Waals surface area contributed by atoms with Crippen molar-refractivity contribution in [3.8, 4) is 0 Å². The quantitative estimate of drug-likeness (QED) is 0.440. The Bertz CT molecular complexity index is 418. The molecule has 0 saturated carbocycles. The van der Waals surface area contributed by atoms with Gasteiger partial charge in [-0.25, -0.2) is 0 Å². The minimum atomic E-state index is -3.71. The molecule has 0 N–H and O–H groups in total. The summed E-state index contributed by atoms with van der Waals surface area (Å²) in [6, 6.07) is 0. The van der Waals surface area contributed by atoms with E-state index in [1.807, 2.05) is 0 Å². The van der Waals surface area contributed by atoms with Crippen molar-refractivity contribution in [2.75, 3.05) is 19.8 Å². The molecule has 0 bridgehead atoms. The summed E-state index contributed by atoms with van der Waals surface area (Å²) < 4.78 is 33.4. The largest absolute Gasteiger partial charge is 0.465 e. The fourth-order valence-corrected chi connectivity index (χ4v) is 3.80. The summed E-state index contributed by atoms with van der Waals surface area (Å²) in [5.41, 5.74) is -1.77. The number of carbonyl (C=O) groups is 2. The van der Waals surface area contributed by atoms with Gasteiger partial charge in [-0.05, 0) is 48.0 Å². The number of ether oxygens (including phenoxy) is 2. The summed E-state index contributed by atoms with van der Waals surface area (Å²) in [6.07, 6.45) is -0.101. The Morgan fingerprint density at radius 3 is 1.91 bits per heavy atom. The monoisotopic (exact) mass is 352 g/mol. The van der Waals surface area contributed by atoms with E-state index in [-0.39, 0.29) is 32.7 Å². The first-order chi connectivity index (χ1) is 10.6. The molecule has 0 aromatic heterocycles. The van der Waals surface area contributed by atoms with Crippen LogP contribution in [0.4, 0.5) is 0 Å². The fraction of sp³-hybridized carbons (Fsp3) is 0.867. The summed E-state index contributed by atoms with van der Waals surface area (Å²) in [5, 5.41) is 0. The topological polar surface area (TPSA) is 88.1 Å². The zero-order valence-electron chi connectivity index (χ0n) is 14.9. The first kappa shape index (κ1) is 22.1. The van der Waals surface area contributed by atoms with E-state index in [9.17, 15) is 14.2 Å². The Morgan fingerprint density at radius 2 is 1.52 bits per heavy atom. The van der Waals surface area contributed by atoms with Crippen molar-refractivity contribution in [3.63, 3.8) is 0 Å². The third kappa shape index (κ3) is 8.49. The van der Waals surface area contributed by atoms with Gasteiger partial charge in [0.05, 0.1) is 19.8 Å². The molecule has 0 aliphatic carbocycles. The predicted octanol–water partition coefficient (Wildman–Crippen LogP) is 3.31. The minimum absolute atomic E-state index is 0.0228. The van der Waals surface area contributed by atoms with Gasteiger partial charge in [-0.3, -0.25) is 14.2 Å². The van der Waals surface area contributed by atoms with Crippen LogP contribution in [0.25, 0.3) is 0 Å². The van der Waals surface area contributed by atoms with E-state index in [2.05, 4.69) is 0 Å². The van der Waals surface area contributed by atoms with Crippen molar-refractivity contribution in [1.29, 1.82) is 0 Å². The minimum Gasteiger partial charge on any atom is -0.465 e. The molecule has 0 saturated heterocycles. The molecule has 8 heteroatoms. The van der Waals surface area contributed by atoms with E-state index in [0.717, 1.165) is 0 Å². The molecule has 0 fully saturated rings. The van der Waals surface area contributed by atoms with Crippen LogP contribution in [0.15, 0.2) is 0 Å². The third-order valence-electron chi connectivity index (χ3n) is 2.60. The van der Waals surface area contributed by atoms with Gasteiger partial charge in [0, 0.05) is 6.42 Å². The molecule has 0 aromatic carbocycles. The molecule has 0 heterocycles. The summed E-state index contributed by atoms with van der Waals surface area (Å²) >= 11 is 0. The maximum absolute atomic E-state index is 12.8. The van der Waals surface area contributed by atoms with Gasteiger partial charge in [0.2, 0.25) is 0 Å². The van der Waals surface area contributed by atoms with Crippen molar-refractivity contribution in [2.24, 2.45) is 0 Å². The van der Waals surface area contributed by atoms with Crippen LogP contribution in [0.2, 0.25) is 0 Å². The van der Waals surface area contributed by atoms with Crippen LogP contribution in [-0.2, 0) is 32.7 Å². The Morgan fingerprint density at radius 1 is 1.00 bits per heavy atom. The summed E-state index contributed by atoms with van der Waals surface area (Å²) in [4.78, 5) is 24.0. The smallest absolute Gasteiger partial charge is 0.344 e. The predicted molar refractivity (Wildman–Crippen MR) is 86.4 cm³/mol. The highest BCUT2D eigenvalue weighted by Crippen LogP contribution is 2.55. The number of esters is 2. The van der Waals surface area contributed by atoms with E-state index in [1.165, 1.54) is 0 Å². The Kier molecular flexibility index (Phi) is 9.66. The zero-order chi connectivity index (χ0) is 18.1. The van der Waals surface area contributed by atoms with E-state index in [0.29, 0.717) is 0 Å². The maximum Gasteiger partial charge on any atom is 0.344 e. The molecule has 0 spiro atoms. The molecule has 7 nitrogen and oxygen atoms in total.